The summed E-state index contributed by atoms with van der Waals surface area (Å²) in [6, 6.07) is 7.66. The predicted molar refractivity (Wildman–Crippen MR) is 85.2 cm³/mol. The van der Waals surface area contributed by atoms with Gasteiger partial charge in [-0.3, -0.25) is 4.98 Å². The lowest BCUT2D eigenvalue weighted by atomic mass is 10.2. The van der Waals surface area contributed by atoms with Crippen LogP contribution in [0.3, 0.4) is 0 Å². The molecule has 0 unspecified atom stereocenters. The minimum Gasteiger partial charge on any atom is -0.389 e. The van der Waals surface area contributed by atoms with Gasteiger partial charge in [-0.2, -0.15) is 0 Å². The lowest BCUT2D eigenvalue weighted by molar-refractivity contribution is 1.30. The number of halogens is 2. The Morgan fingerprint density at radius 2 is 1.94 bits per heavy atom. The maximum Gasteiger partial charge on any atom is 0.105 e. The zero-order chi connectivity index (χ0) is 13.1. The topological polar surface area (TPSA) is 50.9 Å². The molecule has 1 aromatic carbocycles. The summed E-state index contributed by atoms with van der Waals surface area (Å²) in [7, 11) is 0. The molecule has 0 aliphatic heterocycles. The van der Waals surface area contributed by atoms with Crippen molar-refractivity contribution in [2.24, 2.45) is 5.73 Å². The summed E-state index contributed by atoms with van der Waals surface area (Å²) in [5.74, 6) is 0. The summed E-state index contributed by atoms with van der Waals surface area (Å²) < 4.78 is 1.79. The second-order valence-electron chi connectivity index (χ2n) is 3.58. The van der Waals surface area contributed by atoms with Crippen LogP contribution >= 0.6 is 44.1 Å². The molecule has 0 bridgehead atoms. The summed E-state index contributed by atoms with van der Waals surface area (Å²) in [5.41, 5.74) is 8.26. The first-order valence-corrected chi connectivity index (χ1v) is 7.02. The zero-order valence-corrected chi connectivity index (χ0v) is 13.1. The highest BCUT2D eigenvalue weighted by Gasteiger charge is 2.04. The largest absolute Gasteiger partial charge is 0.389 e. The fourth-order valence-corrected chi connectivity index (χ4v) is 2.71. The second-order valence-corrected chi connectivity index (χ2v) is 5.79. The Balaban J connectivity index is 2.25. The van der Waals surface area contributed by atoms with Crippen LogP contribution in [-0.4, -0.2) is 9.97 Å². The smallest absolute Gasteiger partial charge is 0.105 e. The number of aromatic nitrogens is 1. The van der Waals surface area contributed by atoms with Crippen LogP contribution in [0.1, 0.15) is 5.56 Å². The molecular weight excluding hydrogens is 378 g/mol. The first kappa shape index (κ1) is 13.5. The van der Waals surface area contributed by atoms with Crippen LogP contribution in [-0.2, 0) is 0 Å². The standard InChI is InChI=1S/C12H9Br2N3S/c13-7-3-9(6-16-5-7)17-8-1-2-10(12(15)18)11(14)4-8/h1-6,17H,(H2,15,18). The molecule has 1 heterocycles. The Kier molecular flexibility index (Phi) is 4.31. The van der Waals surface area contributed by atoms with Crippen LogP contribution in [0.25, 0.3) is 0 Å². The van der Waals surface area contributed by atoms with Crippen molar-refractivity contribution in [3.63, 3.8) is 0 Å². The molecule has 1 aromatic heterocycles. The number of anilines is 2. The lowest BCUT2D eigenvalue weighted by Gasteiger charge is -2.09. The van der Waals surface area contributed by atoms with E-state index in [1.54, 1.807) is 12.4 Å². The van der Waals surface area contributed by atoms with E-state index < -0.39 is 0 Å². The molecule has 0 aliphatic carbocycles. The zero-order valence-electron chi connectivity index (χ0n) is 9.15. The van der Waals surface area contributed by atoms with Gasteiger partial charge in [0.05, 0.1) is 11.9 Å². The van der Waals surface area contributed by atoms with Crippen molar-refractivity contribution in [2.45, 2.75) is 0 Å². The Morgan fingerprint density at radius 1 is 1.17 bits per heavy atom. The van der Waals surface area contributed by atoms with Crippen LogP contribution in [0, 0.1) is 0 Å². The van der Waals surface area contributed by atoms with E-state index in [2.05, 4.69) is 42.2 Å². The highest BCUT2D eigenvalue weighted by molar-refractivity contribution is 9.10. The van der Waals surface area contributed by atoms with Crippen molar-refractivity contribution < 1.29 is 0 Å². The summed E-state index contributed by atoms with van der Waals surface area (Å²) in [4.78, 5) is 4.46. The number of nitrogens with two attached hydrogens (primary N) is 1. The highest BCUT2D eigenvalue weighted by atomic mass is 79.9. The van der Waals surface area contributed by atoms with Crippen molar-refractivity contribution >= 4 is 60.4 Å². The third-order valence-electron chi connectivity index (χ3n) is 2.23. The minimum atomic E-state index is 0.373. The molecule has 0 saturated heterocycles. The van der Waals surface area contributed by atoms with E-state index in [4.69, 9.17) is 18.0 Å². The van der Waals surface area contributed by atoms with E-state index in [-0.39, 0.29) is 0 Å². The summed E-state index contributed by atoms with van der Waals surface area (Å²) >= 11 is 11.8. The molecule has 92 valence electrons. The van der Waals surface area contributed by atoms with Gasteiger partial charge in [-0.15, -0.1) is 0 Å². The molecule has 0 amide bonds. The lowest BCUT2D eigenvalue weighted by Crippen LogP contribution is -2.10. The third kappa shape index (κ3) is 3.28. The number of benzene rings is 1. The van der Waals surface area contributed by atoms with Gasteiger partial charge in [-0.05, 0) is 56.1 Å². The van der Waals surface area contributed by atoms with Gasteiger partial charge in [0.1, 0.15) is 4.99 Å². The molecule has 0 atom stereocenters. The maximum atomic E-state index is 5.60. The summed E-state index contributed by atoms with van der Waals surface area (Å²) in [6.45, 7) is 0. The minimum absolute atomic E-state index is 0.373. The molecule has 18 heavy (non-hydrogen) atoms. The van der Waals surface area contributed by atoms with Crippen LogP contribution in [0.5, 0.6) is 0 Å². The second kappa shape index (κ2) is 5.77. The first-order chi connectivity index (χ1) is 8.56. The number of nitrogens with zero attached hydrogens (tertiary/aromatic N) is 1. The van der Waals surface area contributed by atoms with Crippen molar-refractivity contribution in [2.75, 3.05) is 5.32 Å². The molecule has 0 radical (unpaired) electrons. The maximum absolute atomic E-state index is 5.60. The average molecular weight is 387 g/mol. The van der Waals surface area contributed by atoms with Gasteiger partial charge < -0.3 is 11.1 Å². The Hall–Kier alpha value is -0.980. The summed E-state index contributed by atoms with van der Waals surface area (Å²) in [5, 5.41) is 3.25. The van der Waals surface area contributed by atoms with E-state index in [9.17, 15) is 0 Å². The number of pyridine rings is 1. The van der Waals surface area contributed by atoms with E-state index in [0.717, 1.165) is 25.9 Å². The summed E-state index contributed by atoms with van der Waals surface area (Å²) in [6.07, 6.45) is 3.48. The molecular formula is C12H9Br2N3S. The molecule has 6 heteroatoms. The molecule has 3 nitrogen and oxygen atoms in total. The normalized spacial score (nSPS) is 10.1. The van der Waals surface area contributed by atoms with Crippen LogP contribution in [0.4, 0.5) is 11.4 Å². The number of hydrogen-bond donors (Lipinski definition) is 2. The number of rotatable bonds is 3. The van der Waals surface area contributed by atoms with Gasteiger partial charge in [0.2, 0.25) is 0 Å². The van der Waals surface area contributed by atoms with Crippen LogP contribution in [0.2, 0.25) is 0 Å². The number of thiocarbonyl (C=S) groups is 1. The van der Waals surface area contributed by atoms with Crippen molar-refractivity contribution in [3.8, 4) is 0 Å². The van der Waals surface area contributed by atoms with Gasteiger partial charge >= 0.3 is 0 Å². The van der Waals surface area contributed by atoms with E-state index in [1.807, 2.05) is 24.3 Å². The highest BCUT2D eigenvalue weighted by Crippen LogP contribution is 2.24. The first-order valence-electron chi connectivity index (χ1n) is 5.03. The fraction of sp³-hybridized carbons (Fsp3) is 0. The van der Waals surface area contributed by atoms with E-state index >= 15 is 0 Å². The van der Waals surface area contributed by atoms with Crippen molar-refractivity contribution in [1.82, 2.24) is 4.98 Å². The number of hydrogen-bond acceptors (Lipinski definition) is 3. The predicted octanol–water partition coefficient (Wildman–Crippen LogP) is 3.98. The molecule has 2 aromatic rings. The Bertz CT molecular complexity index is 602. The van der Waals surface area contributed by atoms with Gasteiger partial charge in [0, 0.05) is 26.4 Å². The van der Waals surface area contributed by atoms with Crippen LogP contribution in [0.15, 0.2) is 45.6 Å². The molecule has 0 aliphatic rings. The molecule has 0 spiro atoms. The van der Waals surface area contributed by atoms with Gasteiger partial charge in [0.25, 0.3) is 0 Å². The Labute approximate surface area is 127 Å². The quantitative estimate of drug-likeness (QED) is 0.783. The monoisotopic (exact) mass is 385 g/mol. The third-order valence-corrected chi connectivity index (χ3v) is 3.54. The molecule has 0 saturated carbocycles. The molecule has 0 fully saturated rings. The fourth-order valence-electron chi connectivity index (χ4n) is 1.44. The van der Waals surface area contributed by atoms with E-state index in [0.29, 0.717) is 4.99 Å². The molecule has 3 N–H and O–H groups in total. The van der Waals surface area contributed by atoms with Gasteiger partial charge in [0.15, 0.2) is 0 Å². The van der Waals surface area contributed by atoms with Gasteiger partial charge in [-0.1, -0.05) is 12.2 Å². The number of nitrogens with one attached hydrogen (secondary N) is 1. The SMILES string of the molecule is NC(=S)c1ccc(Nc2cncc(Br)c2)cc1Br. The average Bonchev–Trinajstić information content (AvgIpc) is 2.28. The van der Waals surface area contributed by atoms with Crippen LogP contribution < -0.4 is 11.1 Å². The van der Waals surface area contributed by atoms with Crippen molar-refractivity contribution in [1.29, 1.82) is 0 Å². The Morgan fingerprint density at radius 3 is 2.56 bits per heavy atom. The van der Waals surface area contributed by atoms with E-state index in [1.165, 1.54) is 0 Å². The molecule has 2 rings (SSSR count). The van der Waals surface area contributed by atoms with Gasteiger partial charge in [-0.25, -0.2) is 0 Å². The van der Waals surface area contributed by atoms with Crippen molar-refractivity contribution in [3.05, 3.63) is 51.2 Å².